The van der Waals surface area contributed by atoms with Gasteiger partial charge in [0.2, 0.25) is 0 Å². The Balaban J connectivity index is 1.93. The highest BCUT2D eigenvalue weighted by Crippen LogP contribution is 2.28. The lowest BCUT2D eigenvalue weighted by atomic mass is 10.1. The summed E-state index contributed by atoms with van der Waals surface area (Å²) in [4.78, 5) is 12.1. The van der Waals surface area contributed by atoms with Gasteiger partial charge in [0.1, 0.15) is 0 Å². The second-order valence-electron chi connectivity index (χ2n) is 5.58. The standard InChI is InChI=1S/C16H24N2O2S/c1-11(21-2)12-5-3-7-14(9-12)17-16(20)18-15-8-4-6-13(15)10-19/h3,5,7,9,11,13,15,19H,4,6,8,10H2,1-2H3,(H2,17,18,20). The van der Waals surface area contributed by atoms with Crippen molar-refractivity contribution >= 4 is 23.5 Å². The van der Waals surface area contributed by atoms with Crippen LogP contribution in [-0.2, 0) is 0 Å². The molecule has 0 radical (unpaired) electrons. The summed E-state index contributed by atoms with van der Waals surface area (Å²) in [5.74, 6) is 0.193. The first-order chi connectivity index (χ1) is 10.1. The molecule has 1 fully saturated rings. The Morgan fingerprint density at radius 2 is 2.29 bits per heavy atom. The van der Waals surface area contributed by atoms with Crippen molar-refractivity contribution in [2.45, 2.75) is 37.5 Å². The summed E-state index contributed by atoms with van der Waals surface area (Å²) in [5, 5.41) is 15.6. The van der Waals surface area contributed by atoms with E-state index in [1.54, 1.807) is 11.8 Å². The third-order valence-electron chi connectivity index (χ3n) is 4.18. The van der Waals surface area contributed by atoms with E-state index < -0.39 is 0 Å². The predicted molar refractivity (Wildman–Crippen MR) is 88.7 cm³/mol. The topological polar surface area (TPSA) is 61.4 Å². The molecule has 0 aromatic heterocycles. The minimum atomic E-state index is -0.186. The maximum absolute atomic E-state index is 12.1. The van der Waals surface area contributed by atoms with Crippen molar-refractivity contribution in [3.05, 3.63) is 29.8 Å². The number of nitrogens with one attached hydrogen (secondary N) is 2. The molecule has 0 bridgehead atoms. The van der Waals surface area contributed by atoms with Crippen LogP contribution < -0.4 is 10.6 Å². The summed E-state index contributed by atoms with van der Waals surface area (Å²) in [7, 11) is 0. The summed E-state index contributed by atoms with van der Waals surface area (Å²) in [6.07, 6.45) is 5.08. The number of benzene rings is 1. The van der Waals surface area contributed by atoms with E-state index in [0.717, 1.165) is 24.9 Å². The van der Waals surface area contributed by atoms with Gasteiger partial charge in [-0.3, -0.25) is 0 Å². The molecule has 4 nitrogen and oxygen atoms in total. The molecule has 3 atom stereocenters. The molecule has 0 spiro atoms. The third-order valence-corrected chi connectivity index (χ3v) is 5.16. The van der Waals surface area contributed by atoms with Crippen LogP contribution >= 0.6 is 11.8 Å². The van der Waals surface area contributed by atoms with Crippen molar-refractivity contribution in [1.82, 2.24) is 5.32 Å². The smallest absolute Gasteiger partial charge is 0.319 e. The van der Waals surface area contributed by atoms with E-state index in [9.17, 15) is 9.90 Å². The van der Waals surface area contributed by atoms with Gasteiger partial charge in [-0.05, 0) is 43.7 Å². The van der Waals surface area contributed by atoms with Gasteiger partial charge in [-0.2, -0.15) is 11.8 Å². The minimum Gasteiger partial charge on any atom is -0.396 e. The van der Waals surface area contributed by atoms with Gasteiger partial charge in [0.15, 0.2) is 0 Å². The first kappa shape index (κ1) is 16.2. The van der Waals surface area contributed by atoms with Crippen molar-refractivity contribution in [3.63, 3.8) is 0 Å². The maximum Gasteiger partial charge on any atom is 0.319 e. The second kappa shape index (κ2) is 7.71. The summed E-state index contributed by atoms with van der Waals surface area (Å²) in [6, 6.07) is 7.85. The molecule has 116 valence electrons. The fraction of sp³-hybridized carbons (Fsp3) is 0.562. The van der Waals surface area contributed by atoms with E-state index in [4.69, 9.17) is 0 Å². The molecule has 2 amide bonds. The van der Waals surface area contributed by atoms with Crippen LogP contribution in [0.15, 0.2) is 24.3 Å². The van der Waals surface area contributed by atoms with Gasteiger partial charge in [-0.1, -0.05) is 18.6 Å². The maximum atomic E-state index is 12.1. The molecule has 1 aromatic rings. The van der Waals surface area contributed by atoms with Gasteiger partial charge >= 0.3 is 6.03 Å². The molecule has 5 heteroatoms. The quantitative estimate of drug-likeness (QED) is 0.781. The predicted octanol–water partition coefficient (Wildman–Crippen LogP) is 3.39. The average molecular weight is 308 g/mol. The molecule has 1 aromatic carbocycles. The van der Waals surface area contributed by atoms with Crippen LogP contribution in [0.5, 0.6) is 0 Å². The normalized spacial score (nSPS) is 22.8. The highest BCUT2D eigenvalue weighted by atomic mass is 32.2. The first-order valence-corrected chi connectivity index (χ1v) is 8.74. The number of carbonyl (C=O) groups excluding carboxylic acids is 1. The fourth-order valence-corrected chi connectivity index (χ4v) is 3.21. The Kier molecular flexibility index (Phi) is 5.94. The first-order valence-electron chi connectivity index (χ1n) is 7.45. The zero-order valence-electron chi connectivity index (χ0n) is 12.6. The lowest BCUT2D eigenvalue weighted by Gasteiger charge is -2.19. The molecule has 3 unspecified atom stereocenters. The van der Waals surface area contributed by atoms with Gasteiger partial charge in [-0.15, -0.1) is 0 Å². The summed E-state index contributed by atoms with van der Waals surface area (Å²) in [6.45, 7) is 2.29. The summed E-state index contributed by atoms with van der Waals surface area (Å²) < 4.78 is 0. The number of anilines is 1. The Morgan fingerprint density at radius 1 is 1.48 bits per heavy atom. The molecule has 1 aliphatic carbocycles. The van der Waals surface area contributed by atoms with Crippen LogP contribution in [-0.4, -0.2) is 30.0 Å². The minimum absolute atomic E-state index is 0.0864. The van der Waals surface area contributed by atoms with Gasteiger partial charge < -0.3 is 15.7 Å². The number of hydrogen-bond donors (Lipinski definition) is 3. The Labute approximate surface area is 130 Å². The zero-order valence-corrected chi connectivity index (χ0v) is 13.5. The Bertz CT molecular complexity index is 481. The lowest BCUT2D eigenvalue weighted by molar-refractivity contribution is 0.203. The van der Waals surface area contributed by atoms with Crippen LogP contribution in [0, 0.1) is 5.92 Å². The number of rotatable bonds is 5. The molecule has 2 rings (SSSR count). The Morgan fingerprint density at radius 3 is 3.00 bits per heavy atom. The molecule has 0 aliphatic heterocycles. The largest absolute Gasteiger partial charge is 0.396 e. The molecule has 1 saturated carbocycles. The fourth-order valence-electron chi connectivity index (χ4n) is 2.79. The van der Waals surface area contributed by atoms with E-state index in [-0.39, 0.29) is 24.6 Å². The summed E-state index contributed by atoms with van der Waals surface area (Å²) in [5.41, 5.74) is 2.01. The van der Waals surface area contributed by atoms with Crippen LogP contribution in [0.2, 0.25) is 0 Å². The molecule has 21 heavy (non-hydrogen) atoms. The van der Waals surface area contributed by atoms with Crippen molar-refractivity contribution in [2.24, 2.45) is 5.92 Å². The van der Waals surface area contributed by atoms with Gasteiger partial charge in [0.25, 0.3) is 0 Å². The highest BCUT2D eigenvalue weighted by molar-refractivity contribution is 7.98. The number of aliphatic hydroxyl groups excluding tert-OH is 1. The van der Waals surface area contributed by atoms with Crippen molar-refractivity contribution < 1.29 is 9.90 Å². The number of thioether (sulfide) groups is 1. The molecule has 1 aliphatic rings. The molecular formula is C16H24N2O2S. The van der Waals surface area contributed by atoms with E-state index in [1.807, 2.05) is 18.2 Å². The van der Waals surface area contributed by atoms with E-state index >= 15 is 0 Å². The van der Waals surface area contributed by atoms with Crippen LogP contribution in [0.25, 0.3) is 0 Å². The molecule has 0 saturated heterocycles. The Hall–Kier alpha value is -1.20. The number of carbonyl (C=O) groups is 1. The van der Waals surface area contributed by atoms with E-state index in [2.05, 4.69) is 29.9 Å². The lowest BCUT2D eigenvalue weighted by Crippen LogP contribution is -2.41. The van der Waals surface area contributed by atoms with Crippen LogP contribution in [0.4, 0.5) is 10.5 Å². The van der Waals surface area contributed by atoms with Crippen LogP contribution in [0.1, 0.15) is 37.0 Å². The van der Waals surface area contributed by atoms with Gasteiger partial charge in [0.05, 0.1) is 0 Å². The number of urea groups is 1. The average Bonchev–Trinajstić information content (AvgIpc) is 2.93. The van der Waals surface area contributed by atoms with Crippen molar-refractivity contribution in [3.8, 4) is 0 Å². The van der Waals surface area contributed by atoms with Crippen molar-refractivity contribution in [1.29, 1.82) is 0 Å². The van der Waals surface area contributed by atoms with Gasteiger partial charge in [-0.25, -0.2) is 4.79 Å². The zero-order chi connectivity index (χ0) is 15.2. The highest BCUT2D eigenvalue weighted by Gasteiger charge is 2.27. The summed E-state index contributed by atoms with van der Waals surface area (Å²) >= 11 is 1.78. The van der Waals surface area contributed by atoms with Crippen LogP contribution in [0.3, 0.4) is 0 Å². The monoisotopic (exact) mass is 308 g/mol. The third kappa shape index (κ3) is 4.38. The number of aliphatic hydroxyl groups is 1. The van der Waals surface area contributed by atoms with E-state index in [1.165, 1.54) is 5.56 Å². The van der Waals surface area contributed by atoms with Gasteiger partial charge in [0, 0.05) is 29.5 Å². The molecular weight excluding hydrogens is 284 g/mol. The molecule has 0 heterocycles. The second-order valence-corrected chi connectivity index (χ2v) is 6.76. The van der Waals surface area contributed by atoms with E-state index in [0.29, 0.717) is 5.25 Å². The number of amides is 2. The molecule has 3 N–H and O–H groups in total. The SMILES string of the molecule is CSC(C)c1cccc(NC(=O)NC2CCCC2CO)c1. The number of hydrogen-bond acceptors (Lipinski definition) is 3. The van der Waals surface area contributed by atoms with Crippen molar-refractivity contribution in [2.75, 3.05) is 18.2 Å².